The Morgan fingerprint density at radius 1 is 1.12 bits per heavy atom. The highest BCUT2D eigenvalue weighted by molar-refractivity contribution is 6.22. The summed E-state index contributed by atoms with van der Waals surface area (Å²) in [4.78, 5) is 40.8. The normalized spacial score (nSPS) is 17.5. The molecule has 1 fully saturated rings. The lowest BCUT2D eigenvalue weighted by Crippen LogP contribution is -2.46. The predicted molar refractivity (Wildman–Crippen MR) is 98.4 cm³/mol. The van der Waals surface area contributed by atoms with Crippen LogP contribution in [0.25, 0.3) is 0 Å². The zero-order chi connectivity index (χ0) is 18.5. The number of carbonyl (C=O) groups excluding carboxylic acids is 3. The summed E-state index contributed by atoms with van der Waals surface area (Å²) in [5.74, 6) is -0.770. The number of carbonyl (C=O) groups is 3. The van der Waals surface area contributed by atoms with Crippen LogP contribution in [0.3, 0.4) is 0 Å². The smallest absolute Gasteiger partial charge is 0.261 e. The van der Waals surface area contributed by atoms with Crippen LogP contribution in [0, 0.1) is 0 Å². The Balaban J connectivity index is 1.60. The highest BCUT2D eigenvalue weighted by Crippen LogP contribution is 2.24. The van der Waals surface area contributed by atoms with Crippen LogP contribution in [-0.2, 0) is 0 Å². The van der Waals surface area contributed by atoms with Crippen LogP contribution >= 0.6 is 0 Å². The molecule has 2 aliphatic rings. The van der Waals surface area contributed by atoms with Gasteiger partial charge in [-0.2, -0.15) is 0 Å². The number of fused-ring (bicyclic) bond motifs is 1. The molecule has 0 unspecified atom stereocenters. The van der Waals surface area contributed by atoms with Crippen molar-refractivity contribution in [3.8, 4) is 0 Å². The zero-order valence-electron chi connectivity index (χ0n) is 15.2. The summed E-state index contributed by atoms with van der Waals surface area (Å²) < 4.78 is 0. The number of rotatable bonds is 7. The molecule has 7 heteroatoms. The maximum atomic E-state index is 12.5. The Morgan fingerprint density at radius 2 is 1.85 bits per heavy atom. The third-order valence-corrected chi connectivity index (χ3v) is 4.89. The fourth-order valence-electron chi connectivity index (χ4n) is 3.32. The van der Waals surface area contributed by atoms with Gasteiger partial charge in [-0.15, -0.1) is 0 Å². The molecule has 2 heterocycles. The summed E-state index contributed by atoms with van der Waals surface area (Å²) in [7, 11) is 0. The summed E-state index contributed by atoms with van der Waals surface area (Å²) >= 11 is 0. The number of benzene rings is 1. The lowest BCUT2D eigenvalue weighted by atomic mass is 10.1. The third-order valence-electron chi connectivity index (χ3n) is 4.89. The molecule has 0 aliphatic carbocycles. The number of hydrogen-bond acceptors (Lipinski definition) is 5. The van der Waals surface area contributed by atoms with Gasteiger partial charge < -0.3 is 10.6 Å². The van der Waals surface area contributed by atoms with Crippen LogP contribution in [0.2, 0.25) is 0 Å². The first-order chi connectivity index (χ1) is 12.6. The topological polar surface area (TPSA) is 81.8 Å². The quantitative estimate of drug-likeness (QED) is 0.702. The van der Waals surface area contributed by atoms with Crippen molar-refractivity contribution in [1.29, 1.82) is 0 Å². The van der Waals surface area contributed by atoms with Crippen molar-refractivity contribution in [1.82, 2.24) is 20.4 Å². The lowest BCUT2D eigenvalue weighted by molar-refractivity contribution is 0.0652. The van der Waals surface area contributed by atoms with Gasteiger partial charge in [0.15, 0.2) is 0 Å². The molecule has 1 aromatic rings. The third kappa shape index (κ3) is 3.94. The molecule has 26 heavy (non-hydrogen) atoms. The molecule has 0 aromatic heterocycles. The summed E-state index contributed by atoms with van der Waals surface area (Å²) in [6.07, 6.45) is 1.69. The minimum absolute atomic E-state index is 0.213. The van der Waals surface area contributed by atoms with E-state index in [1.54, 1.807) is 18.2 Å². The van der Waals surface area contributed by atoms with Gasteiger partial charge in [0.25, 0.3) is 17.7 Å². The highest BCUT2D eigenvalue weighted by atomic mass is 16.2. The molecule has 0 saturated carbocycles. The molecule has 1 saturated heterocycles. The first kappa shape index (κ1) is 18.5. The van der Waals surface area contributed by atoms with Gasteiger partial charge in [-0.1, -0.05) is 13.3 Å². The molecule has 1 aromatic carbocycles. The largest absolute Gasteiger partial charge is 0.351 e. The van der Waals surface area contributed by atoms with Crippen molar-refractivity contribution < 1.29 is 14.4 Å². The first-order valence-corrected chi connectivity index (χ1v) is 9.33. The number of unbranched alkanes of at least 4 members (excludes halogenated alkanes) is 1. The molecule has 140 valence electrons. The van der Waals surface area contributed by atoms with Crippen LogP contribution in [0.5, 0.6) is 0 Å². The average Bonchev–Trinajstić information content (AvgIpc) is 2.91. The molecule has 0 atom stereocenters. The monoisotopic (exact) mass is 358 g/mol. The Bertz CT molecular complexity index is 698. The van der Waals surface area contributed by atoms with Crippen molar-refractivity contribution >= 4 is 17.7 Å². The minimum Gasteiger partial charge on any atom is -0.351 e. The second kappa shape index (κ2) is 8.42. The van der Waals surface area contributed by atoms with Crippen molar-refractivity contribution in [2.75, 3.05) is 45.8 Å². The number of nitrogens with one attached hydrogen (secondary N) is 2. The van der Waals surface area contributed by atoms with Gasteiger partial charge in [-0.3, -0.25) is 24.2 Å². The Hall–Kier alpha value is -2.25. The molecule has 3 rings (SSSR count). The summed E-state index contributed by atoms with van der Waals surface area (Å²) in [5, 5.41) is 6.19. The Kier molecular flexibility index (Phi) is 6.00. The van der Waals surface area contributed by atoms with Gasteiger partial charge in [0.2, 0.25) is 0 Å². The van der Waals surface area contributed by atoms with Gasteiger partial charge in [0, 0.05) is 51.4 Å². The molecule has 0 bridgehead atoms. The molecular weight excluding hydrogens is 332 g/mol. The van der Waals surface area contributed by atoms with Gasteiger partial charge in [0.05, 0.1) is 11.1 Å². The number of imide groups is 1. The van der Waals surface area contributed by atoms with Crippen LogP contribution in [0.1, 0.15) is 50.8 Å². The van der Waals surface area contributed by atoms with Crippen molar-refractivity contribution in [2.45, 2.75) is 19.8 Å². The van der Waals surface area contributed by atoms with Crippen LogP contribution in [-0.4, -0.2) is 73.3 Å². The average molecular weight is 358 g/mol. The van der Waals surface area contributed by atoms with Crippen LogP contribution in [0.4, 0.5) is 0 Å². The van der Waals surface area contributed by atoms with Crippen molar-refractivity contribution in [3.63, 3.8) is 0 Å². The Morgan fingerprint density at radius 3 is 2.58 bits per heavy atom. The summed E-state index contributed by atoms with van der Waals surface area (Å²) in [6.45, 7) is 7.73. The van der Waals surface area contributed by atoms with Crippen molar-refractivity contribution in [2.24, 2.45) is 0 Å². The molecule has 7 nitrogen and oxygen atoms in total. The van der Waals surface area contributed by atoms with Crippen LogP contribution < -0.4 is 10.6 Å². The van der Waals surface area contributed by atoms with Gasteiger partial charge >= 0.3 is 0 Å². The number of hydrogen-bond donors (Lipinski definition) is 2. The van der Waals surface area contributed by atoms with Gasteiger partial charge in [-0.25, -0.2) is 0 Å². The molecule has 0 spiro atoms. The zero-order valence-corrected chi connectivity index (χ0v) is 15.2. The summed E-state index contributed by atoms with van der Waals surface area (Å²) in [6, 6.07) is 4.75. The minimum atomic E-state index is -0.297. The van der Waals surface area contributed by atoms with Crippen molar-refractivity contribution in [3.05, 3.63) is 34.9 Å². The van der Waals surface area contributed by atoms with Crippen LogP contribution in [0.15, 0.2) is 18.2 Å². The molecule has 0 radical (unpaired) electrons. The second-order valence-corrected chi connectivity index (χ2v) is 6.72. The van der Waals surface area contributed by atoms with E-state index in [0.29, 0.717) is 29.8 Å². The predicted octanol–water partition coefficient (Wildman–Crippen LogP) is 0.718. The van der Waals surface area contributed by atoms with E-state index in [0.717, 1.165) is 45.6 Å². The lowest BCUT2D eigenvalue weighted by Gasteiger charge is -2.27. The Labute approximate surface area is 153 Å². The van der Waals surface area contributed by atoms with E-state index in [2.05, 4.69) is 15.5 Å². The van der Waals surface area contributed by atoms with E-state index in [4.69, 9.17) is 0 Å². The number of amides is 3. The fourth-order valence-corrected chi connectivity index (χ4v) is 3.32. The molecular formula is C19H26N4O3. The molecule has 2 N–H and O–H groups in total. The standard InChI is InChI=1S/C19H26N4O3/c1-2-3-9-23-18(25)15-5-4-14(13-16(15)19(23)26)17(24)21-8-12-22-10-6-20-7-11-22/h4-5,13,20H,2-3,6-12H2,1H3,(H,21,24). The van der Waals surface area contributed by atoms with E-state index in [1.807, 2.05) is 6.92 Å². The van der Waals surface area contributed by atoms with E-state index in [1.165, 1.54) is 4.90 Å². The summed E-state index contributed by atoms with van der Waals surface area (Å²) in [5.41, 5.74) is 1.15. The van der Waals surface area contributed by atoms with Gasteiger partial charge in [0.1, 0.15) is 0 Å². The van der Waals surface area contributed by atoms with E-state index < -0.39 is 0 Å². The van der Waals surface area contributed by atoms with E-state index in [9.17, 15) is 14.4 Å². The first-order valence-electron chi connectivity index (χ1n) is 9.33. The molecule has 2 aliphatic heterocycles. The maximum Gasteiger partial charge on any atom is 0.261 e. The number of nitrogens with zero attached hydrogens (tertiary/aromatic N) is 2. The fraction of sp³-hybridized carbons (Fsp3) is 0.526. The van der Waals surface area contributed by atoms with Gasteiger partial charge in [-0.05, 0) is 24.6 Å². The molecule has 3 amide bonds. The van der Waals surface area contributed by atoms with E-state index >= 15 is 0 Å². The van der Waals surface area contributed by atoms with E-state index in [-0.39, 0.29) is 17.7 Å². The maximum absolute atomic E-state index is 12.5. The highest BCUT2D eigenvalue weighted by Gasteiger charge is 2.35. The second-order valence-electron chi connectivity index (χ2n) is 6.72. The SMILES string of the molecule is CCCCN1C(=O)c2ccc(C(=O)NCCN3CCNCC3)cc2C1=O. The number of piperazine rings is 1.